The van der Waals surface area contributed by atoms with Crippen molar-refractivity contribution in [2.24, 2.45) is 0 Å². The van der Waals surface area contributed by atoms with Gasteiger partial charge in [-0.3, -0.25) is 4.79 Å². The van der Waals surface area contributed by atoms with E-state index in [4.69, 9.17) is 9.15 Å². The van der Waals surface area contributed by atoms with Crippen LogP contribution in [0.4, 0.5) is 8.78 Å². The van der Waals surface area contributed by atoms with Crippen molar-refractivity contribution < 1.29 is 32.6 Å². The average molecular weight is 352 g/mol. The predicted molar refractivity (Wildman–Crippen MR) is 79.7 cm³/mol. The normalized spacial score (nSPS) is 16.4. The summed E-state index contributed by atoms with van der Waals surface area (Å²) in [6.07, 6.45) is 1.12. The summed E-state index contributed by atoms with van der Waals surface area (Å²) in [4.78, 5) is 27.6. The molecule has 2 N–H and O–H groups in total. The molecule has 0 spiro atoms. The summed E-state index contributed by atoms with van der Waals surface area (Å²) in [7, 11) is 0. The molecule has 25 heavy (non-hydrogen) atoms. The molecule has 0 bridgehead atoms. The standard InChI is InChI=1S/C16H14F2N2O5/c17-9-2-1-3-10(18)12(9)14-19-11(8-25-14)13(21)20-16(15(22)23)4-6-24-7-5-16/h1-3,8H,4-7H2,(H,20,21)(H,22,23). The first-order valence-electron chi connectivity index (χ1n) is 7.46. The fourth-order valence-corrected chi connectivity index (χ4v) is 2.59. The topological polar surface area (TPSA) is 102 Å². The molecule has 1 aliphatic rings. The minimum Gasteiger partial charge on any atom is -0.480 e. The van der Waals surface area contributed by atoms with Crippen LogP contribution in [0.2, 0.25) is 0 Å². The zero-order valence-corrected chi connectivity index (χ0v) is 12.9. The Kier molecular flexibility index (Phi) is 4.49. The van der Waals surface area contributed by atoms with Crippen molar-refractivity contribution >= 4 is 11.9 Å². The molecule has 1 saturated heterocycles. The summed E-state index contributed by atoms with van der Waals surface area (Å²) in [6.45, 7) is 0.383. The number of carboxylic acids is 1. The molecule has 1 aromatic carbocycles. The number of carbonyl (C=O) groups excluding carboxylic acids is 1. The highest BCUT2D eigenvalue weighted by Crippen LogP contribution is 2.26. The van der Waals surface area contributed by atoms with Crippen molar-refractivity contribution in [1.29, 1.82) is 0 Å². The van der Waals surface area contributed by atoms with Crippen LogP contribution >= 0.6 is 0 Å². The van der Waals surface area contributed by atoms with Crippen LogP contribution in [-0.4, -0.2) is 40.7 Å². The number of aromatic nitrogens is 1. The maximum absolute atomic E-state index is 13.8. The van der Waals surface area contributed by atoms with Gasteiger partial charge < -0.3 is 19.6 Å². The van der Waals surface area contributed by atoms with Gasteiger partial charge in [-0.15, -0.1) is 0 Å². The summed E-state index contributed by atoms with van der Waals surface area (Å²) >= 11 is 0. The lowest BCUT2D eigenvalue weighted by Gasteiger charge is -2.33. The van der Waals surface area contributed by atoms with Crippen LogP contribution in [0.25, 0.3) is 11.5 Å². The number of aliphatic carboxylic acids is 1. The fraction of sp³-hybridized carbons (Fsp3) is 0.312. The Labute approximate surface area is 140 Å². The van der Waals surface area contributed by atoms with Gasteiger partial charge in [-0.05, 0) is 12.1 Å². The first kappa shape index (κ1) is 17.0. The maximum Gasteiger partial charge on any atom is 0.329 e. The minimum atomic E-state index is -1.47. The fourth-order valence-electron chi connectivity index (χ4n) is 2.59. The largest absolute Gasteiger partial charge is 0.480 e. The van der Waals surface area contributed by atoms with Gasteiger partial charge >= 0.3 is 5.97 Å². The second-order valence-electron chi connectivity index (χ2n) is 5.59. The van der Waals surface area contributed by atoms with E-state index >= 15 is 0 Å². The monoisotopic (exact) mass is 352 g/mol. The Bertz CT molecular complexity index is 794. The third kappa shape index (κ3) is 3.22. The number of nitrogens with one attached hydrogen (secondary N) is 1. The van der Waals surface area contributed by atoms with E-state index < -0.39 is 40.5 Å². The van der Waals surface area contributed by atoms with Crippen LogP contribution in [0.5, 0.6) is 0 Å². The lowest BCUT2D eigenvalue weighted by molar-refractivity contribution is -0.148. The third-order valence-electron chi connectivity index (χ3n) is 4.02. The van der Waals surface area contributed by atoms with Crippen LogP contribution in [-0.2, 0) is 9.53 Å². The van der Waals surface area contributed by atoms with E-state index in [0.717, 1.165) is 18.4 Å². The Morgan fingerprint density at radius 1 is 1.20 bits per heavy atom. The molecule has 0 unspecified atom stereocenters. The van der Waals surface area contributed by atoms with Gasteiger partial charge in [-0.2, -0.15) is 0 Å². The number of hydrogen-bond donors (Lipinski definition) is 2. The summed E-state index contributed by atoms with van der Waals surface area (Å²) in [5.74, 6) is -4.18. The molecular weight excluding hydrogens is 338 g/mol. The molecule has 0 atom stereocenters. The molecule has 132 valence electrons. The smallest absolute Gasteiger partial charge is 0.329 e. The van der Waals surface area contributed by atoms with Crippen molar-refractivity contribution in [3.63, 3.8) is 0 Å². The van der Waals surface area contributed by atoms with E-state index in [1.54, 1.807) is 0 Å². The number of carbonyl (C=O) groups is 2. The number of carboxylic acid groups (broad SMARTS) is 1. The molecular formula is C16H14F2N2O5. The number of oxazole rings is 1. The Balaban J connectivity index is 1.84. The number of rotatable bonds is 4. The van der Waals surface area contributed by atoms with E-state index in [1.165, 1.54) is 6.07 Å². The highest BCUT2D eigenvalue weighted by molar-refractivity contribution is 5.96. The van der Waals surface area contributed by atoms with Crippen molar-refractivity contribution in [2.45, 2.75) is 18.4 Å². The molecule has 0 aliphatic carbocycles. The SMILES string of the molecule is O=C(NC1(C(=O)O)CCOCC1)c1coc(-c2c(F)cccc2F)n1. The molecule has 7 nitrogen and oxygen atoms in total. The molecule has 2 heterocycles. The lowest BCUT2D eigenvalue weighted by atomic mass is 9.90. The summed E-state index contributed by atoms with van der Waals surface area (Å²) in [5, 5.41) is 11.8. The lowest BCUT2D eigenvalue weighted by Crippen LogP contribution is -2.57. The first-order valence-corrected chi connectivity index (χ1v) is 7.46. The van der Waals surface area contributed by atoms with Gasteiger partial charge in [0.1, 0.15) is 29.0 Å². The second kappa shape index (κ2) is 6.60. The van der Waals surface area contributed by atoms with Crippen molar-refractivity contribution in [3.8, 4) is 11.5 Å². The summed E-state index contributed by atoms with van der Waals surface area (Å²) in [5.41, 5.74) is -2.25. The van der Waals surface area contributed by atoms with E-state index in [9.17, 15) is 23.5 Å². The molecule has 9 heteroatoms. The van der Waals surface area contributed by atoms with Crippen LogP contribution in [0.15, 0.2) is 28.9 Å². The van der Waals surface area contributed by atoms with E-state index in [1.807, 2.05) is 0 Å². The molecule has 1 amide bonds. The molecule has 2 aromatic rings. The summed E-state index contributed by atoms with van der Waals surface area (Å²) in [6, 6.07) is 3.25. The number of hydrogen-bond acceptors (Lipinski definition) is 5. The van der Waals surface area contributed by atoms with E-state index in [0.29, 0.717) is 0 Å². The second-order valence-corrected chi connectivity index (χ2v) is 5.59. The van der Waals surface area contributed by atoms with Crippen LogP contribution in [0, 0.1) is 11.6 Å². The Morgan fingerprint density at radius 3 is 2.44 bits per heavy atom. The molecule has 0 radical (unpaired) electrons. The van der Waals surface area contributed by atoms with E-state index in [2.05, 4.69) is 10.3 Å². The van der Waals surface area contributed by atoms with Crippen molar-refractivity contribution in [3.05, 3.63) is 41.8 Å². The number of nitrogens with zero attached hydrogens (tertiary/aromatic N) is 1. The number of benzene rings is 1. The third-order valence-corrected chi connectivity index (χ3v) is 4.02. The number of halogens is 2. The first-order chi connectivity index (χ1) is 11.9. The van der Waals surface area contributed by atoms with Gasteiger partial charge in [0.05, 0.1) is 0 Å². The van der Waals surface area contributed by atoms with Crippen LogP contribution in [0.1, 0.15) is 23.3 Å². The van der Waals surface area contributed by atoms with Gasteiger partial charge in [0.2, 0.25) is 5.89 Å². The predicted octanol–water partition coefficient (Wildman–Crippen LogP) is 1.98. The number of amides is 1. The number of ether oxygens (including phenoxy) is 1. The molecule has 3 rings (SSSR count). The average Bonchev–Trinajstić information content (AvgIpc) is 3.05. The molecule has 0 saturated carbocycles. The maximum atomic E-state index is 13.8. The quantitative estimate of drug-likeness (QED) is 0.872. The summed E-state index contributed by atoms with van der Waals surface area (Å²) < 4.78 is 37.6. The zero-order chi connectivity index (χ0) is 18.0. The Morgan fingerprint density at radius 2 is 1.84 bits per heavy atom. The van der Waals surface area contributed by atoms with Crippen molar-refractivity contribution in [1.82, 2.24) is 10.3 Å². The highest BCUT2D eigenvalue weighted by atomic mass is 19.1. The molecule has 1 aromatic heterocycles. The Hall–Kier alpha value is -2.81. The van der Waals surface area contributed by atoms with E-state index in [-0.39, 0.29) is 31.7 Å². The van der Waals surface area contributed by atoms with Gasteiger partial charge in [0, 0.05) is 26.1 Å². The van der Waals surface area contributed by atoms with Gasteiger partial charge in [-0.1, -0.05) is 6.07 Å². The minimum absolute atomic E-state index is 0.0979. The van der Waals surface area contributed by atoms with Crippen LogP contribution in [0.3, 0.4) is 0 Å². The molecule has 1 aliphatic heterocycles. The van der Waals surface area contributed by atoms with Gasteiger partial charge in [0.25, 0.3) is 5.91 Å². The van der Waals surface area contributed by atoms with Gasteiger partial charge in [-0.25, -0.2) is 18.6 Å². The highest BCUT2D eigenvalue weighted by Gasteiger charge is 2.42. The van der Waals surface area contributed by atoms with Crippen molar-refractivity contribution in [2.75, 3.05) is 13.2 Å². The van der Waals surface area contributed by atoms with Gasteiger partial charge in [0.15, 0.2) is 5.69 Å². The molecule has 1 fully saturated rings. The van der Waals surface area contributed by atoms with Crippen LogP contribution < -0.4 is 5.32 Å². The zero-order valence-electron chi connectivity index (χ0n) is 12.9.